The van der Waals surface area contributed by atoms with Gasteiger partial charge in [0.15, 0.2) is 0 Å². The predicted molar refractivity (Wildman–Crippen MR) is 67.5 cm³/mol. The summed E-state index contributed by atoms with van der Waals surface area (Å²) in [5, 5.41) is 0. The topological polar surface area (TPSA) is 35.5 Å². The molecule has 0 atom stereocenters. The van der Waals surface area contributed by atoms with Crippen molar-refractivity contribution >= 4 is 5.97 Å². The van der Waals surface area contributed by atoms with Gasteiger partial charge in [0.25, 0.3) is 0 Å². The number of benzene rings is 1. The van der Waals surface area contributed by atoms with Gasteiger partial charge in [0.05, 0.1) is 6.61 Å². The van der Waals surface area contributed by atoms with Gasteiger partial charge >= 0.3 is 12.1 Å². The molecule has 0 saturated carbocycles. The van der Waals surface area contributed by atoms with Crippen LogP contribution in [0.3, 0.4) is 0 Å². The second-order valence-electron chi connectivity index (χ2n) is 4.52. The highest BCUT2D eigenvalue weighted by atomic mass is 19.3. The van der Waals surface area contributed by atoms with Crippen LogP contribution in [0.1, 0.15) is 37.8 Å². The number of carbonyl (C=O) groups is 1. The zero-order valence-electron chi connectivity index (χ0n) is 11.5. The van der Waals surface area contributed by atoms with E-state index in [4.69, 9.17) is 0 Å². The lowest BCUT2D eigenvalue weighted by Crippen LogP contribution is -2.37. The van der Waals surface area contributed by atoms with E-state index in [9.17, 15) is 13.6 Å². The number of carbonyl (C=O) groups excluding carboxylic acids is 1. The standard InChI is InChI=1S/C14H18F2O3/c1-5-18-13(17)14(15,16)19-12-8-11(9(2)3)7-6-10(12)4/h6-9H,5H2,1-4H3. The maximum atomic E-state index is 13.5. The molecule has 1 aromatic rings. The van der Waals surface area contributed by atoms with E-state index in [1.165, 1.54) is 13.0 Å². The maximum absolute atomic E-state index is 13.5. The Bertz CT molecular complexity index is 456. The van der Waals surface area contributed by atoms with Crippen molar-refractivity contribution in [3.05, 3.63) is 29.3 Å². The number of halogens is 2. The van der Waals surface area contributed by atoms with Crippen molar-refractivity contribution in [3.63, 3.8) is 0 Å². The number of alkyl halides is 2. The number of hydrogen-bond donors (Lipinski definition) is 0. The van der Waals surface area contributed by atoms with Gasteiger partial charge in [0.1, 0.15) is 5.75 Å². The Morgan fingerprint density at radius 1 is 1.37 bits per heavy atom. The van der Waals surface area contributed by atoms with Crippen molar-refractivity contribution < 1.29 is 23.0 Å². The van der Waals surface area contributed by atoms with Gasteiger partial charge in [-0.25, -0.2) is 4.79 Å². The lowest BCUT2D eigenvalue weighted by molar-refractivity contribution is -0.216. The van der Waals surface area contributed by atoms with Crippen molar-refractivity contribution in [1.29, 1.82) is 0 Å². The van der Waals surface area contributed by atoms with Crippen LogP contribution in [-0.4, -0.2) is 18.7 Å². The summed E-state index contributed by atoms with van der Waals surface area (Å²) in [6, 6.07) is 5.05. The van der Waals surface area contributed by atoms with Gasteiger partial charge in [0.2, 0.25) is 0 Å². The molecule has 0 amide bonds. The fourth-order valence-electron chi connectivity index (χ4n) is 1.48. The van der Waals surface area contributed by atoms with Gasteiger partial charge in [-0.15, -0.1) is 0 Å². The van der Waals surface area contributed by atoms with Gasteiger partial charge in [-0.2, -0.15) is 8.78 Å². The third-order valence-electron chi connectivity index (χ3n) is 2.63. The molecule has 0 aliphatic rings. The Kier molecular flexibility index (Phi) is 4.86. The first-order valence-electron chi connectivity index (χ1n) is 6.12. The molecule has 0 aliphatic heterocycles. The molecule has 0 fully saturated rings. The minimum Gasteiger partial charge on any atom is -0.459 e. The summed E-state index contributed by atoms with van der Waals surface area (Å²) >= 11 is 0. The Morgan fingerprint density at radius 3 is 2.53 bits per heavy atom. The highest BCUT2D eigenvalue weighted by molar-refractivity contribution is 5.76. The fourth-order valence-corrected chi connectivity index (χ4v) is 1.48. The second kappa shape index (κ2) is 5.99. The van der Waals surface area contributed by atoms with Crippen LogP contribution in [0, 0.1) is 6.92 Å². The van der Waals surface area contributed by atoms with Crippen molar-refractivity contribution in [2.45, 2.75) is 39.7 Å². The van der Waals surface area contributed by atoms with Crippen LogP contribution in [0.4, 0.5) is 8.78 Å². The van der Waals surface area contributed by atoms with Crippen LogP contribution in [0.2, 0.25) is 0 Å². The molecule has 0 bridgehead atoms. The quantitative estimate of drug-likeness (QED) is 0.767. The number of rotatable bonds is 5. The average Bonchev–Trinajstić information content (AvgIpc) is 2.31. The number of esters is 1. The van der Waals surface area contributed by atoms with E-state index in [0.29, 0.717) is 5.56 Å². The first kappa shape index (κ1) is 15.4. The molecule has 1 aromatic carbocycles. The Labute approximate surface area is 111 Å². The minimum absolute atomic E-state index is 0.00995. The zero-order chi connectivity index (χ0) is 14.6. The molecular formula is C14H18F2O3. The third-order valence-corrected chi connectivity index (χ3v) is 2.63. The fraction of sp³-hybridized carbons (Fsp3) is 0.500. The highest BCUT2D eigenvalue weighted by Gasteiger charge is 2.44. The summed E-state index contributed by atoms with van der Waals surface area (Å²) < 4.78 is 35.8. The van der Waals surface area contributed by atoms with Gasteiger partial charge in [0, 0.05) is 0 Å². The summed E-state index contributed by atoms with van der Waals surface area (Å²) in [6.45, 7) is 6.86. The molecule has 5 heteroatoms. The molecule has 3 nitrogen and oxygen atoms in total. The number of aryl methyl sites for hydroxylation is 1. The Morgan fingerprint density at radius 2 is 2.00 bits per heavy atom. The lowest BCUT2D eigenvalue weighted by atomic mass is 10.0. The molecular weight excluding hydrogens is 254 g/mol. The van der Waals surface area contributed by atoms with E-state index < -0.39 is 12.1 Å². The SMILES string of the molecule is CCOC(=O)C(F)(F)Oc1cc(C(C)C)ccc1C. The summed E-state index contributed by atoms with van der Waals surface area (Å²) in [7, 11) is 0. The largest absolute Gasteiger partial charge is 0.502 e. The monoisotopic (exact) mass is 272 g/mol. The van der Waals surface area contributed by atoms with Crippen molar-refractivity contribution in [1.82, 2.24) is 0 Å². The van der Waals surface area contributed by atoms with Crippen molar-refractivity contribution in [2.75, 3.05) is 6.61 Å². The molecule has 0 spiro atoms. The molecule has 106 valence electrons. The van der Waals surface area contributed by atoms with Gasteiger partial charge in [-0.1, -0.05) is 26.0 Å². The van der Waals surface area contributed by atoms with Crippen LogP contribution in [0.25, 0.3) is 0 Å². The minimum atomic E-state index is -3.98. The van der Waals surface area contributed by atoms with E-state index in [2.05, 4.69) is 9.47 Å². The first-order chi connectivity index (χ1) is 8.77. The van der Waals surface area contributed by atoms with E-state index in [0.717, 1.165) is 5.56 Å². The van der Waals surface area contributed by atoms with E-state index in [1.54, 1.807) is 13.0 Å². The normalized spacial score (nSPS) is 11.5. The molecule has 0 heterocycles. The van der Waals surface area contributed by atoms with Crippen LogP contribution >= 0.6 is 0 Å². The molecule has 0 radical (unpaired) electrons. The van der Waals surface area contributed by atoms with Crippen LogP contribution < -0.4 is 4.74 Å². The summed E-state index contributed by atoms with van der Waals surface area (Å²) in [6.07, 6.45) is -3.98. The average molecular weight is 272 g/mol. The predicted octanol–water partition coefficient (Wildman–Crippen LogP) is 3.65. The Hall–Kier alpha value is -1.65. The Balaban J connectivity index is 2.98. The van der Waals surface area contributed by atoms with Gasteiger partial charge in [-0.3, -0.25) is 0 Å². The van der Waals surface area contributed by atoms with Crippen molar-refractivity contribution in [2.24, 2.45) is 0 Å². The van der Waals surface area contributed by atoms with E-state index in [-0.39, 0.29) is 18.3 Å². The van der Waals surface area contributed by atoms with Gasteiger partial charge in [-0.05, 0) is 37.0 Å². The van der Waals surface area contributed by atoms with Gasteiger partial charge < -0.3 is 9.47 Å². The van der Waals surface area contributed by atoms with Crippen LogP contribution in [-0.2, 0) is 9.53 Å². The number of ether oxygens (including phenoxy) is 2. The lowest BCUT2D eigenvalue weighted by Gasteiger charge is -2.18. The first-order valence-corrected chi connectivity index (χ1v) is 6.12. The van der Waals surface area contributed by atoms with E-state index in [1.807, 2.05) is 19.9 Å². The highest BCUT2D eigenvalue weighted by Crippen LogP contribution is 2.29. The smallest absolute Gasteiger partial charge is 0.459 e. The molecule has 0 aromatic heterocycles. The van der Waals surface area contributed by atoms with Crippen molar-refractivity contribution in [3.8, 4) is 5.75 Å². The molecule has 0 N–H and O–H groups in total. The van der Waals surface area contributed by atoms with Crippen LogP contribution in [0.15, 0.2) is 18.2 Å². The molecule has 19 heavy (non-hydrogen) atoms. The summed E-state index contributed by atoms with van der Waals surface area (Å²) in [5.74, 6) is -1.51. The third kappa shape index (κ3) is 3.91. The molecule has 0 saturated heterocycles. The molecule has 1 rings (SSSR count). The zero-order valence-corrected chi connectivity index (χ0v) is 11.5. The maximum Gasteiger partial charge on any atom is 0.502 e. The molecule has 0 unspecified atom stereocenters. The second-order valence-corrected chi connectivity index (χ2v) is 4.52. The molecule has 0 aliphatic carbocycles. The summed E-state index contributed by atoms with van der Waals surface area (Å²) in [5.41, 5.74) is 1.40. The summed E-state index contributed by atoms with van der Waals surface area (Å²) in [4.78, 5) is 11.1. The van der Waals surface area contributed by atoms with Crippen LogP contribution in [0.5, 0.6) is 5.75 Å². The van der Waals surface area contributed by atoms with E-state index >= 15 is 0 Å². The number of hydrogen-bond acceptors (Lipinski definition) is 3.